The molecule has 0 unspecified atom stereocenters. The highest BCUT2D eigenvalue weighted by molar-refractivity contribution is 9.10. The lowest BCUT2D eigenvalue weighted by molar-refractivity contribution is -0.688. The van der Waals surface area contributed by atoms with Gasteiger partial charge in [-0.05, 0) is 18.2 Å². The van der Waals surface area contributed by atoms with Gasteiger partial charge in [-0.25, -0.2) is 0 Å². The van der Waals surface area contributed by atoms with E-state index < -0.39 is 0 Å². The van der Waals surface area contributed by atoms with Gasteiger partial charge in [0.25, 0.3) is 0 Å². The molecule has 0 bridgehead atoms. The Balaban J connectivity index is 0.00000128. The minimum atomic E-state index is 0. The van der Waals surface area contributed by atoms with E-state index in [-0.39, 0.29) is 18.2 Å². The zero-order chi connectivity index (χ0) is 10.7. The molecule has 0 fully saturated rings. The molecular weight excluding hydrogens is 289 g/mol. The van der Waals surface area contributed by atoms with Gasteiger partial charge in [-0.2, -0.15) is 4.57 Å². The fraction of sp³-hybridized carbons (Fsp3) is 0.0833. The van der Waals surface area contributed by atoms with Gasteiger partial charge in [0.2, 0.25) is 6.20 Å². The largest absolute Gasteiger partial charge is 1.00 e. The third kappa shape index (κ3) is 3.51. The maximum absolute atomic E-state index is 9.32. The Kier molecular flexibility index (Phi) is 4.77. The van der Waals surface area contributed by atoms with Crippen LogP contribution in [0.3, 0.4) is 0 Å². The van der Waals surface area contributed by atoms with Gasteiger partial charge in [0, 0.05) is 16.1 Å². The molecule has 0 radical (unpaired) electrons. The standard InChI is InChI=1S/C12H10BrNO.ClH/c13-11-4-1-3-10(7-11)8-14-6-2-5-12(15)9-14;/h1-7,9H,8H2;1H. The van der Waals surface area contributed by atoms with E-state index >= 15 is 0 Å². The maximum Gasteiger partial charge on any atom is 0.211 e. The van der Waals surface area contributed by atoms with E-state index in [4.69, 9.17) is 0 Å². The first-order valence-corrected chi connectivity index (χ1v) is 5.46. The number of rotatable bonds is 2. The van der Waals surface area contributed by atoms with E-state index in [2.05, 4.69) is 28.1 Å². The highest BCUT2D eigenvalue weighted by Crippen LogP contribution is 2.11. The Morgan fingerprint density at radius 1 is 1.19 bits per heavy atom. The Morgan fingerprint density at radius 2 is 2.00 bits per heavy atom. The highest BCUT2D eigenvalue weighted by atomic mass is 79.9. The summed E-state index contributed by atoms with van der Waals surface area (Å²) in [5, 5.41) is 9.32. The van der Waals surface area contributed by atoms with Crippen LogP contribution in [0.15, 0.2) is 53.3 Å². The van der Waals surface area contributed by atoms with Crippen molar-refractivity contribution in [3.05, 3.63) is 58.8 Å². The first kappa shape index (κ1) is 13.0. The molecule has 0 spiro atoms. The van der Waals surface area contributed by atoms with Crippen molar-refractivity contribution in [3.8, 4) is 5.75 Å². The van der Waals surface area contributed by atoms with Gasteiger partial charge in [-0.15, -0.1) is 0 Å². The fourth-order valence-electron chi connectivity index (χ4n) is 1.45. The van der Waals surface area contributed by atoms with Crippen molar-refractivity contribution < 1.29 is 22.1 Å². The Labute approximate surface area is 109 Å². The second kappa shape index (κ2) is 5.87. The van der Waals surface area contributed by atoms with E-state index in [0.29, 0.717) is 0 Å². The number of nitrogens with zero attached hydrogens (tertiary/aromatic N) is 1. The van der Waals surface area contributed by atoms with Gasteiger partial charge in [-0.1, -0.05) is 28.1 Å². The summed E-state index contributed by atoms with van der Waals surface area (Å²) in [5.41, 5.74) is 1.19. The SMILES string of the molecule is Oc1ccc[n+](Cc2cccc(Br)c2)c1.[Cl-]. The topological polar surface area (TPSA) is 24.1 Å². The van der Waals surface area contributed by atoms with Crippen LogP contribution >= 0.6 is 15.9 Å². The first-order valence-electron chi connectivity index (χ1n) is 4.66. The number of aromatic hydroxyl groups is 1. The first-order chi connectivity index (χ1) is 7.24. The van der Waals surface area contributed by atoms with Crippen molar-refractivity contribution in [1.82, 2.24) is 0 Å². The molecule has 0 saturated heterocycles. The van der Waals surface area contributed by atoms with Crippen molar-refractivity contribution in [1.29, 1.82) is 0 Å². The molecule has 0 aliphatic carbocycles. The zero-order valence-electron chi connectivity index (χ0n) is 8.48. The van der Waals surface area contributed by atoms with E-state index in [1.807, 2.05) is 29.0 Å². The van der Waals surface area contributed by atoms with Crippen LogP contribution in [0.2, 0.25) is 0 Å². The summed E-state index contributed by atoms with van der Waals surface area (Å²) in [5.74, 6) is 0.285. The molecule has 1 heterocycles. The van der Waals surface area contributed by atoms with Crippen molar-refractivity contribution in [2.75, 3.05) is 0 Å². The molecule has 0 aliphatic heterocycles. The van der Waals surface area contributed by atoms with E-state index in [1.54, 1.807) is 12.3 Å². The smallest absolute Gasteiger partial charge is 0.211 e. The van der Waals surface area contributed by atoms with Gasteiger partial charge >= 0.3 is 0 Å². The zero-order valence-corrected chi connectivity index (χ0v) is 10.8. The normalized spacial score (nSPS) is 9.56. The molecule has 2 rings (SSSR count). The third-order valence-electron chi connectivity index (χ3n) is 2.10. The van der Waals surface area contributed by atoms with Crippen molar-refractivity contribution in [2.45, 2.75) is 6.54 Å². The number of halogens is 2. The number of aromatic nitrogens is 1. The van der Waals surface area contributed by atoms with Crippen LogP contribution in [0.4, 0.5) is 0 Å². The number of hydrogen-bond donors (Lipinski definition) is 1. The molecule has 84 valence electrons. The average molecular weight is 301 g/mol. The summed E-state index contributed by atoms with van der Waals surface area (Å²) >= 11 is 3.43. The van der Waals surface area contributed by atoms with Crippen LogP contribution in [0.25, 0.3) is 0 Å². The molecular formula is C12H11BrClNO. The van der Waals surface area contributed by atoms with E-state index in [9.17, 15) is 5.11 Å². The van der Waals surface area contributed by atoms with Gasteiger partial charge in [0.15, 0.2) is 18.5 Å². The van der Waals surface area contributed by atoms with Crippen molar-refractivity contribution in [2.24, 2.45) is 0 Å². The summed E-state index contributed by atoms with van der Waals surface area (Å²) in [6.07, 6.45) is 3.64. The molecule has 2 nitrogen and oxygen atoms in total. The van der Waals surface area contributed by atoms with Crippen LogP contribution in [0.5, 0.6) is 5.75 Å². The number of hydrogen-bond acceptors (Lipinski definition) is 1. The number of pyridine rings is 1. The Morgan fingerprint density at radius 3 is 2.69 bits per heavy atom. The van der Waals surface area contributed by atoms with Gasteiger partial charge in [0.1, 0.15) is 0 Å². The molecule has 0 saturated carbocycles. The molecule has 1 aromatic carbocycles. The predicted octanol–water partition coefficient (Wildman–Crippen LogP) is -0.506. The molecule has 2 aromatic rings. The van der Waals surface area contributed by atoms with Crippen molar-refractivity contribution in [3.63, 3.8) is 0 Å². The molecule has 1 N–H and O–H groups in total. The monoisotopic (exact) mass is 299 g/mol. The second-order valence-corrected chi connectivity index (χ2v) is 4.28. The molecule has 16 heavy (non-hydrogen) atoms. The minimum absolute atomic E-state index is 0. The fourth-order valence-corrected chi connectivity index (χ4v) is 1.90. The van der Waals surface area contributed by atoms with E-state index in [0.717, 1.165) is 11.0 Å². The van der Waals surface area contributed by atoms with Gasteiger partial charge in [0.05, 0.1) is 0 Å². The molecule has 0 aliphatic rings. The second-order valence-electron chi connectivity index (χ2n) is 3.36. The van der Waals surface area contributed by atoms with Crippen molar-refractivity contribution >= 4 is 15.9 Å². The lowest BCUT2D eigenvalue weighted by atomic mass is 10.2. The lowest BCUT2D eigenvalue weighted by Gasteiger charge is -1.98. The summed E-state index contributed by atoms with van der Waals surface area (Å²) in [6, 6.07) is 11.6. The predicted molar refractivity (Wildman–Crippen MR) is 61.5 cm³/mol. The molecule has 0 atom stereocenters. The summed E-state index contributed by atoms with van der Waals surface area (Å²) in [6.45, 7) is 0.758. The third-order valence-corrected chi connectivity index (χ3v) is 2.59. The quantitative estimate of drug-likeness (QED) is 0.743. The Hall–Kier alpha value is -1.06. The molecule has 4 heteroatoms. The minimum Gasteiger partial charge on any atom is -1.00 e. The van der Waals surface area contributed by atoms with Gasteiger partial charge < -0.3 is 17.5 Å². The van der Waals surface area contributed by atoms with Crippen LogP contribution in [-0.4, -0.2) is 5.11 Å². The van der Waals surface area contributed by atoms with Crippen LogP contribution in [-0.2, 0) is 6.54 Å². The molecule has 0 amide bonds. The Bertz CT molecular complexity index is 433. The van der Waals surface area contributed by atoms with Gasteiger partial charge in [-0.3, -0.25) is 0 Å². The summed E-state index contributed by atoms with van der Waals surface area (Å²) in [7, 11) is 0. The highest BCUT2D eigenvalue weighted by Gasteiger charge is 2.03. The van der Waals surface area contributed by atoms with Crippen LogP contribution in [0.1, 0.15) is 5.56 Å². The summed E-state index contributed by atoms with van der Waals surface area (Å²) < 4.78 is 3.01. The maximum atomic E-state index is 9.32. The van der Waals surface area contributed by atoms with Crippen LogP contribution < -0.4 is 17.0 Å². The number of benzene rings is 1. The molecule has 1 aromatic heterocycles. The van der Waals surface area contributed by atoms with E-state index in [1.165, 1.54) is 5.56 Å². The average Bonchev–Trinajstić information content (AvgIpc) is 2.17. The summed E-state index contributed by atoms with van der Waals surface area (Å²) in [4.78, 5) is 0. The van der Waals surface area contributed by atoms with Crippen LogP contribution in [0, 0.1) is 0 Å². The lowest BCUT2D eigenvalue weighted by Crippen LogP contribution is -3.00.